The van der Waals surface area contributed by atoms with Crippen LogP contribution in [0.25, 0.3) is 11.6 Å². The molecule has 5 nitrogen and oxygen atoms in total. The van der Waals surface area contributed by atoms with Crippen LogP contribution in [0.5, 0.6) is 0 Å². The van der Waals surface area contributed by atoms with Crippen LogP contribution >= 0.6 is 34.5 Å². The Bertz CT molecular complexity index is 735. The Hall–Kier alpha value is -1.63. The van der Waals surface area contributed by atoms with Crippen molar-refractivity contribution in [3.05, 3.63) is 45.0 Å². The van der Waals surface area contributed by atoms with Crippen molar-refractivity contribution in [2.45, 2.75) is 6.42 Å². The molecule has 2 N–H and O–H groups in total. The van der Waals surface area contributed by atoms with Gasteiger partial charge in [-0.05, 0) is 17.7 Å². The van der Waals surface area contributed by atoms with Crippen molar-refractivity contribution < 1.29 is 4.52 Å². The van der Waals surface area contributed by atoms with Gasteiger partial charge in [-0.2, -0.15) is 4.98 Å². The average Bonchev–Trinajstić information content (AvgIpc) is 3.03. The standard InChI is InChI=1S/C12H8Cl2N4OS/c13-7-2-1-3-8(14)6(7)4-10-17-11(19-18-10)9-5-20-12(15)16-9/h1-3,5H,4H2,(H2,15,16). The summed E-state index contributed by atoms with van der Waals surface area (Å²) in [5.74, 6) is 0.817. The highest BCUT2D eigenvalue weighted by Gasteiger charge is 2.14. The molecule has 0 saturated heterocycles. The van der Waals surface area contributed by atoms with Gasteiger partial charge in [0.1, 0.15) is 5.69 Å². The predicted octanol–water partition coefficient (Wildman–Crippen LogP) is 3.67. The first-order chi connectivity index (χ1) is 9.63. The second-order valence-corrected chi connectivity index (χ2v) is 5.67. The molecule has 3 rings (SSSR count). The van der Waals surface area contributed by atoms with Gasteiger partial charge < -0.3 is 10.3 Å². The van der Waals surface area contributed by atoms with E-state index >= 15 is 0 Å². The van der Waals surface area contributed by atoms with Gasteiger partial charge >= 0.3 is 0 Å². The van der Waals surface area contributed by atoms with E-state index in [4.69, 9.17) is 33.5 Å². The fraction of sp³-hybridized carbons (Fsp3) is 0.0833. The fourth-order valence-electron chi connectivity index (χ4n) is 1.67. The van der Waals surface area contributed by atoms with Gasteiger partial charge in [0.15, 0.2) is 11.0 Å². The number of thiazole rings is 1. The number of hydrogen-bond acceptors (Lipinski definition) is 6. The number of halogens is 2. The molecular formula is C12H8Cl2N4OS. The summed E-state index contributed by atoms with van der Waals surface area (Å²) < 4.78 is 5.16. The number of nitrogens with two attached hydrogens (primary N) is 1. The average molecular weight is 327 g/mol. The van der Waals surface area contributed by atoms with Crippen molar-refractivity contribution in [2.75, 3.05) is 5.73 Å². The van der Waals surface area contributed by atoms with Crippen molar-refractivity contribution >= 4 is 39.7 Å². The minimum absolute atomic E-state index is 0.330. The largest absolute Gasteiger partial charge is 0.375 e. The van der Waals surface area contributed by atoms with E-state index in [1.807, 2.05) is 0 Å². The van der Waals surface area contributed by atoms with Crippen molar-refractivity contribution in [2.24, 2.45) is 0 Å². The topological polar surface area (TPSA) is 77.8 Å². The number of hydrogen-bond donors (Lipinski definition) is 1. The van der Waals surface area contributed by atoms with Gasteiger partial charge in [0.05, 0.1) is 0 Å². The molecule has 3 aromatic rings. The summed E-state index contributed by atoms with van der Waals surface area (Å²) in [6.45, 7) is 0. The van der Waals surface area contributed by atoms with E-state index < -0.39 is 0 Å². The first-order valence-electron chi connectivity index (χ1n) is 5.60. The van der Waals surface area contributed by atoms with Crippen LogP contribution in [0.1, 0.15) is 11.4 Å². The molecule has 2 heterocycles. The van der Waals surface area contributed by atoms with E-state index in [1.54, 1.807) is 23.6 Å². The molecular weight excluding hydrogens is 319 g/mol. The van der Waals surface area contributed by atoms with Gasteiger partial charge in [-0.3, -0.25) is 0 Å². The number of nitrogens with zero attached hydrogens (tertiary/aromatic N) is 3. The van der Waals surface area contributed by atoms with Crippen LogP contribution in [-0.4, -0.2) is 15.1 Å². The predicted molar refractivity (Wildman–Crippen MR) is 79.1 cm³/mol. The summed E-state index contributed by atoms with van der Waals surface area (Å²) in [5.41, 5.74) is 6.90. The van der Waals surface area contributed by atoms with E-state index in [1.165, 1.54) is 11.3 Å². The monoisotopic (exact) mass is 326 g/mol. The van der Waals surface area contributed by atoms with Crippen molar-refractivity contribution in [3.63, 3.8) is 0 Å². The van der Waals surface area contributed by atoms with E-state index in [-0.39, 0.29) is 0 Å². The minimum atomic E-state index is 0.330. The molecule has 0 fully saturated rings. The lowest BCUT2D eigenvalue weighted by atomic mass is 10.1. The molecule has 0 aliphatic carbocycles. The van der Waals surface area contributed by atoms with E-state index in [2.05, 4.69) is 15.1 Å². The van der Waals surface area contributed by atoms with Crippen LogP contribution < -0.4 is 5.73 Å². The van der Waals surface area contributed by atoms with Crippen LogP contribution in [0, 0.1) is 0 Å². The maximum Gasteiger partial charge on any atom is 0.277 e. The van der Waals surface area contributed by atoms with Crippen molar-refractivity contribution in [1.82, 2.24) is 15.1 Å². The zero-order valence-corrected chi connectivity index (χ0v) is 12.3. The Morgan fingerprint density at radius 2 is 1.95 bits per heavy atom. The molecule has 8 heteroatoms. The number of anilines is 1. The molecule has 2 aromatic heterocycles. The van der Waals surface area contributed by atoms with Crippen LogP contribution in [0.2, 0.25) is 10.0 Å². The Balaban J connectivity index is 1.88. The number of rotatable bonds is 3. The highest BCUT2D eigenvalue weighted by molar-refractivity contribution is 7.13. The molecule has 0 spiro atoms. The summed E-state index contributed by atoms with van der Waals surface area (Å²) >= 11 is 13.5. The first kappa shape index (κ1) is 13.4. The third-order valence-corrected chi connectivity index (χ3v) is 3.99. The molecule has 20 heavy (non-hydrogen) atoms. The van der Waals surface area contributed by atoms with Crippen LogP contribution in [0.3, 0.4) is 0 Å². The second kappa shape index (κ2) is 5.40. The zero-order valence-electron chi connectivity index (χ0n) is 10.0. The van der Waals surface area contributed by atoms with Gasteiger partial charge in [-0.25, -0.2) is 4.98 Å². The normalized spacial score (nSPS) is 10.9. The molecule has 1 aromatic carbocycles. The van der Waals surface area contributed by atoms with Gasteiger partial charge in [-0.15, -0.1) is 11.3 Å². The molecule has 0 radical (unpaired) electrons. The molecule has 0 unspecified atom stereocenters. The van der Waals surface area contributed by atoms with Crippen LogP contribution in [0.4, 0.5) is 5.13 Å². The lowest BCUT2D eigenvalue weighted by Crippen LogP contribution is -1.93. The van der Waals surface area contributed by atoms with E-state index in [9.17, 15) is 0 Å². The Morgan fingerprint density at radius 1 is 1.20 bits per heavy atom. The molecule has 0 atom stereocenters. The maximum absolute atomic E-state index is 6.11. The minimum Gasteiger partial charge on any atom is -0.375 e. The van der Waals surface area contributed by atoms with E-state index in [0.29, 0.717) is 39.0 Å². The highest BCUT2D eigenvalue weighted by atomic mass is 35.5. The quantitative estimate of drug-likeness (QED) is 0.794. The number of aromatic nitrogens is 3. The van der Waals surface area contributed by atoms with Crippen LogP contribution in [-0.2, 0) is 6.42 Å². The van der Waals surface area contributed by atoms with Gasteiger partial charge in [0, 0.05) is 21.8 Å². The van der Waals surface area contributed by atoms with Crippen LogP contribution in [0.15, 0.2) is 28.1 Å². The van der Waals surface area contributed by atoms with E-state index in [0.717, 1.165) is 5.56 Å². The summed E-state index contributed by atoms with van der Waals surface area (Å²) in [7, 11) is 0. The lowest BCUT2D eigenvalue weighted by molar-refractivity contribution is 0.423. The molecule has 0 aliphatic heterocycles. The van der Waals surface area contributed by atoms with Crippen molar-refractivity contribution in [3.8, 4) is 11.6 Å². The summed E-state index contributed by atoms with van der Waals surface area (Å²) in [4.78, 5) is 8.35. The third kappa shape index (κ3) is 2.63. The Kier molecular flexibility index (Phi) is 3.60. The smallest absolute Gasteiger partial charge is 0.277 e. The lowest BCUT2D eigenvalue weighted by Gasteiger charge is -2.02. The number of benzene rings is 1. The second-order valence-electron chi connectivity index (χ2n) is 3.96. The molecule has 0 saturated carbocycles. The molecule has 0 amide bonds. The molecule has 0 aliphatic rings. The summed E-state index contributed by atoms with van der Waals surface area (Å²) in [6.07, 6.45) is 0.391. The third-order valence-electron chi connectivity index (χ3n) is 2.61. The Morgan fingerprint density at radius 3 is 2.60 bits per heavy atom. The Labute approximate surface area is 128 Å². The SMILES string of the molecule is Nc1nc(-c2nc(Cc3c(Cl)cccc3Cl)no2)cs1. The maximum atomic E-state index is 6.11. The zero-order chi connectivity index (χ0) is 14.1. The molecule has 0 bridgehead atoms. The van der Waals surface area contributed by atoms with Gasteiger partial charge in [0.25, 0.3) is 5.89 Å². The summed E-state index contributed by atoms with van der Waals surface area (Å²) in [6, 6.07) is 5.32. The number of nitrogen functional groups attached to an aromatic ring is 1. The highest BCUT2D eigenvalue weighted by Crippen LogP contribution is 2.27. The molecule has 102 valence electrons. The van der Waals surface area contributed by atoms with Gasteiger partial charge in [0.2, 0.25) is 0 Å². The summed E-state index contributed by atoms with van der Waals surface area (Å²) in [5, 5.41) is 7.25. The fourth-order valence-corrected chi connectivity index (χ4v) is 2.74. The van der Waals surface area contributed by atoms with Crippen molar-refractivity contribution in [1.29, 1.82) is 0 Å². The van der Waals surface area contributed by atoms with Gasteiger partial charge in [-0.1, -0.05) is 34.4 Å². The first-order valence-corrected chi connectivity index (χ1v) is 7.24.